The first kappa shape index (κ1) is 21.2. The van der Waals surface area contributed by atoms with Crippen LogP contribution in [0.25, 0.3) is 5.70 Å². The van der Waals surface area contributed by atoms with Crippen molar-refractivity contribution in [2.24, 2.45) is 11.3 Å². The standard InChI is InChI=1S/C25H24F3N5O/c1-14-8-17(21(31-11-14)18-4-2-3-7-29-18)23(34)33-13-16-9-24(16)10-19(22(24)33)32-20-6-5-15(12-30-20)25(26,27)28/h2-8,12,16,19,22,31H,9-11,13H2,1H3,(H,30,32). The molecule has 2 aliphatic heterocycles. The molecule has 9 heteroatoms. The number of carbonyl (C=O) groups excluding carboxylic acids is 1. The second-order valence-corrected chi connectivity index (χ2v) is 9.77. The van der Waals surface area contributed by atoms with Gasteiger partial charge in [0.2, 0.25) is 0 Å². The van der Waals surface area contributed by atoms with Crippen LogP contribution >= 0.6 is 0 Å². The van der Waals surface area contributed by atoms with Crippen molar-refractivity contribution >= 4 is 17.4 Å². The van der Waals surface area contributed by atoms with Crippen LogP contribution in [-0.2, 0) is 11.0 Å². The Morgan fingerprint density at radius 2 is 2.06 bits per heavy atom. The maximum absolute atomic E-state index is 13.8. The van der Waals surface area contributed by atoms with E-state index in [0.717, 1.165) is 42.1 Å². The molecule has 2 aliphatic carbocycles. The molecule has 4 aliphatic rings. The number of hydrogen-bond donors (Lipinski definition) is 2. The molecule has 4 unspecified atom stereocenters. The highest BCUT2D eigenvalue weighted by Gasteiger charge is 2.75. The van der Waals surface area contributed by atoms with E-state index in [1.165, 1.54) is 6.07 Å². The van der Waals surface area contributed by atoms with E-state index in [1.807, 2.05) is 36.1 Å². The zero-order valence-corrected chi connectivity index (χ0v) is 18.6. The van der Waals surface area contributed by atoms with Crippen molar-refractivity contribution in [2.75, 3.05) is 18.4 Å². The third kappa shape index (κ3) is 3.28. The molecule has 1 saturated heterocycles. The van der Waals surface area contributed by atoms with Gasteiger partial charge in [0.25, 0.3) is 5.91 Å². The summed E-state index contributed by atoms with van der Waals surface area (Å²) in [6.07, 6.45) is 2.08. The molecule has 0 radical (unpaired) electrons. The predicted octanol–water partition coefficient (Wildman–Crippen LogP) is 3.86. The SMILES string of the molecule is CC1=CC(C(=O)N2CC3CC34CC(Nc3ccc(C(F)(F)F)cn3)C24)=C(c2ccccn2)NC1. The van der Waals surface area contributed by atoms with Crippen molar-refractivity contribution in [3.8, 4) is 0 Å². The summed E-state index contributed by atoms with van der Waals surface area (Å²) in [5.41, 5.74) is 2.50. The number of hydrogen-bond acceptors (Lipinski definition) is 5. The fraction of sp³-hybridized carbons (Fsp3) is 0.400. The van der Waals surface area contributed by atoms with E-state index >= 15 is 0 Å². The van der Waals surface area contributed by atoms with Crippen molar-refractivity contribution in [2.45, 2.75) is 38.0 Å². The summed E-state index contributed by atoms with van der Waals surface area (Å²) < 4.78 is 38.6. The predicted molar refractivity (Wildman–Crippen MR) is 120 cm³/mol. The summed E-state index contributed by atoms with van der Waals surface area (Å²) in [7, 11) is 0. The average Bonchev–Trinajstić information content (AvgIpc) is 3.47. The zero-order valence-electron chi connectivity index (χ0n) is 18.6. The Balaban J connectivity index is 1.26. The molecule has 3 fully saturated rings. The minimum atomic E-state index is -4.42. The van der Waals surface area contributed by atoms with Crippen LogP contribution in [0.2, 0.25) is 0 Å². The van der Waals surface area contributed by atoms with E-state index in [4.69, 9.17) is 0 Å². The second kappa shape index (κ2) is 7.32. The number of anilines is 1. The first-order chi connectivity index (χ1) is 16.3. The molecule has 34 heavy (non-hydrogen) atoms. The first-order valence-electron chi connectivity index (χ1n) is 11.4. The molecule has 0 bridgehead atoms. The number of halogens is 3. The van der Waals surface area contributed by atoms with Gasteiger partial charge in [-0.2, -0.15) is 13.2 Å². The molecule has 6 nitrogen and oxygen atoms in total. The fourth-order valence-corrected chi connectivity index (χ4v) is 5.95. The number of rotatable bonds is 4. The largest absolute Gasteiger partial charge is 0.417 e. The van der Waals surface area contributed by atoms with E-state index in [2.05, 4.69) is 20.6 Å². The van der Waals surface area contributed by atoms with Crippen molar-refractivity contribution in [3.05, 3.63) is 71.2 Å². The summed E-state index contributed by atoms with van der Waals surface area (Å²) >= 11 is 0. The van der Waals surface area contributed by atoms with Gasteiger partial charge in [-0.05, 0) is 61.4 Å². The van der Waals surface area contributed by atoms with Gasteiger partial charge in [-0.3, -0.25) is 9.78 Å². The van der Waals surface area contributed by atoms with Crippen LogP contribution in [0, 0.1) is 11.3 Å². The molecular weight excluding hydrogens is 443 g/mol. The Labute approximate surface area is 195 Å². The van der Waals surface area contributed by atoms with Crippen LogP contribution in [0.3, 0.4) is 0 Å². The van der Waals surface area contributed by atoms with Crippen LogP contribution in [0.15, 0.2) is 59.9 Å². The minimum absolute atomic E-state index is 0.00204. The van der Waals surface area contributed by atoms with Crippen molar-refractivity contribution in [3.63, 3.8) is 0 Å². The summed E-state index contributed by atoms with van der Waals surface area (Å²) in [5.74, 6) is 0.851. The zero-order chi connectivity index (χ0) is 23.7. The molecule has 4 atom stereocenters. The van der Waals surface area contributed by atoms with Gasteiger partial charge in [-0.15, -0.1) is 0 Å². The lowest BCUT2D eigenvalue weighted by Gasteiger charge is -2.48. The molecule has 2 saturated carbocycles. The molecule has 2 aromatic heterocycles. The van der Waals surface area contributed by atoms with Crippen LogP contribution in [0.4, 0.5) is 19.0 Å². The number of nitrogens with zero attached hydrogens (tertiary/aromatic N) is 3. The molecule has 0 aromatic carbocycles. The summed E-state index contributed by atoms with van der Waals surface area (Å²) in [6.45, 7) is 3.35. The number of piperidine rings is 1. The van der Waals surface area contributed by atoms with E-state index in [9.17, 15) is 18.0 Å². The fourth-order valence-electron chi connectivity index (χ4n) is 5.95. The number of carbonyl (C=O) groups is 1. The molecule has 2 aromatic rings. The summed E-state index contributed by atoms with van der Waals surface area (Å²) in [6, 6.07) is 7.98. The first-order valence-corrected chi connectivity index (χ1v) is 11.4. The Hall–Kier alpha value is -3.36. The van der Waals surface area contributed by atoms with Gasteiger partial charge in [0.05, 0.1) is 28.6 Å². The van der Waals surface area contributed by atoms with Gasteiger partial charge in [-0.1, -0.05) is 11.6 Å². The van der Waals surface area contributed by atoms with Crippen LogP contribution in [0.5, 0.6) is 0 Å². The topological polar surface area (TPSA) is 70.2 Å². The molecule has 6 rings (SSSR count). The van der Waals surface area contributed by atoms with E-state index < -0.39 is 11.7 Å². The second-order valence-electron chi connectivity index (χ2n) is 9.77. The minimum Gasteiger partial charge on any atom is -0.379 e. The highest BCUT2D eigenvalue weighted by molar-refractivity contribution is 6.04. The lowest BCUT2D eigenvalue weighted by Crippen LogP contribution is -2.60. The monoisotopic (exact) mass is 467 g/mol. The smallest absolute Gasteiger partial charge is 0.379 e. The average molecular weight is 467 g/mol. The third-order valence-electron chi connectivity index (χ3n) is 7.64. The van der Waals surface area contributed by atoms with Gasteiger partial charge in [0.1, 0.15) is 5.82 Å². The number of pyridine rings is 2. The molecule has 2 N–H and O–H groups in total. The summed E-state index contributed by atoms with van der Waals surface area (Å²) in [5, 5.41) is 6.64. The van der Waals surface area contributed by atoms with Gasteiger partial charge in [0, 0.05) is 31.5 Å². The molecule has 1 spiro atoms. The third-order valence-corrected chi connectivity index (χ3v) is 7.64. The maximum atomic E-state index is 13.8. The Bertz CT molecular complexity index is 1210. The number of likely N-dealkylation sites (tertiary alicyclic amines) is 1. The van der Waals surface area contributed by atoms with E-state index in [0.29, 0.717) is 30.4 Å². The lowest BCUT2D eigenvalue weighted by atomic mass is 9.71. The summed E-state index contributed by atoms with van der Waals surface area (Å²) in [4.78, 5) is 24.2. The quantitative estimate of drug-likeness (QED) is 0.715. The van der Waals surface area contributed by atoms with E-state index in [-0.39, 0.29) is 23.4 Å². The molecular formula is C25H24F3N5O. The maximum Gasteiger partial charge on any atom is 0.417 e. The van der Waals surface area contributed by atoms with Crippen LogP contribution in [0.1, 0.15) is 31.0 Å². The number of dihydropyridines is 1. The van der Waals surface area contributed by atoms with Gasteiger partial charge < -0.3 is 15.5 Å². The van der Waals surface area contributed by atoms with Gasteiger partial charge in [-0.25, -0.2) is 4.98 Å². The Kier molecular flexibility index (Phi) is 4.56. The molecule has 1 amide bonds. The number of alkyl halides is 3. The van der Waals surface area contributed by atoms with Crippen LogP contribution < -0.4 is 10.6 Å². The van der Waals surface area contributed by atoms with Crippen molar-refractivity contribution in [1.29, 1.82) is 0 Å². The Morgan fingerprint density at radius 1 is 1.21 bits per heavy atom. The molecule has 4 heterocycles. The number of amides is 1. The number of aromatic nitrogens is 2. The Morgan fingerprint density at radius 3 is 2.76 bits per heavy atom. The van der Waals surface area contributed by atoms with E-state index in [1.54, 1.807) is 6.20 Å². The highest BCUT2D eigenvalue weighted by atomic mass is 19.4. The van der Waals surface area contributed by atoms with Crippen molar-refractivity contribution < 1.29 is 18.0 Å². The van der Waals surface area contributed by atoms with Crippen LogP contribution in [-0.4, -0.2) is 45.9 Å². The van der Waals surface area contributed by atoms with Gasteiger partial charge >= 0.3 is 6.18 Å². The normalized spacial score (nSPS) is 29.5. The lowest BCUT2D eigenvalue weighted by molar-refractivity contribution is -0.137. The van der Waals surface area contributed by atoms with Crippen molar-refractivity contribution in [1.82, 2.24) is 20.2 Å². The molecule has 176 valence electrons. The number of nitrogens with one attached hydrogen (secondary N) is 2. The van der Waals surface area contributed by atoms with Gasteiger partial charge in [0.15, 0.2) is 0 Å². The highest BCUT2D eigenvalue weighted by Crippen LogP contribution is 2.71.